The SMILES string of the molecule is COC(=O)/C=C1/S/C(=N\N=Cc2cc(C#N)ccc2C)NC1=O. The van der Waals surface area contributed by atoms with E-state index in [0.29, 0.717) is 5.56 Å². The van der Waals surface area contributed by atoms with Crippen LogP contribution < -0.4 is 5.32 Å². The van der Waals surface area contributed by atoms with Crippen molar-refractivity contribution in [1.82, 2.24) is 5.32 Å². The fourth-order valence-corrected chi connectivity index (χ4v) is 2.37. The molecule has 1 aliphatic rings. The van der Waals surface area contributed by atoms with E-state index in [2.05, 4.69) is 26.3 Å². The van der Waals surface area contributed by atoms with E-state index in [9.17, 15) is 9.59 Å². The van der Waals surface area contributed by atoms with Crippen LogP contribution >= 0.6 is 11.8 Å². The van der Waals surface area contributed by atoms with Crippen LogP contribution in [0.25, 0.3) is 0 Å². The van der Waals surface area contributed by atoms with Crippen LogP contribution in [0.15, 0.2) is 39.4 Å². The zero-order valence-corrected chi connectivity index (χ0v) is 13.2. The van der Waals surface area contributed by atoms with Crippen molar-refractivity contribution in [1.29, 1.82) is 5.26 Å². The van der Waals surface area contributed by atoms with Crippen molar-refractivity contribution >= 4 is 35.0 Å². The smallest absolute Gasteiger partial charge is 0.331 e. The summed E-state index contributed by atoms with van der Waals surface area (Å²) in [7, 11) is 1.23. The van der Waals surface area contributed by atoms with Crippen molar-refractivity contribution in [3.8, 4) is 6.07 Å². The number of nitriles is 1. The van der Waals surface area contributed by atoms with Gasteiger partial charge in [-0.2, -0.15) is 10.4 Å². The lowest BCUT2D eigenvalue weighted by Gasteiger charge is -1.98. The first-order valence-corrected chi connectivity index (χ1v) is 7.25. The molecule has 0 aliphatic carbocycles. The Morgan fingerprint density at radius 1 is 1.48 bits per heavy atom. The van der Waals surface area contributed by atoms with Crippen molar-refractivity contribution in [2.45, 2.75) is 6.92 Å². The van der Waals surface area contributed by atoms with Gasteiger partial charge in [0, 0.05) is 6.08 Å². The highest BCUT2D eigenvalue weighted by molar-refractivity contribution is 8.18. The number of amides is 1. The van der Waals surface area contributed by atoms with Gasteiger partial charge in [0.05, 0.1) is 29.9 Å². The quantitative estimate of drug-likeness (QED) is 0.392. The third-order valence-corrected chi connectivity index (χ3v) is 3.75. The van der Waals surface area contributed by atoms with Gasteiger partial charge >= 0.3 is 5.97 Å². The molecule has 0 radical (unpaired) electrons. The number of carbonyl (C=O) groups excluding carboxylic acids is 2. The van der Waals surface area contributed by atoms with E-state index in [-0.39, 0.29) is 10.1 Å². The molecule has 0 unspecified atom stereocenters. The minimum atomic E-state index is -0.614. The summed E-state index contributed by atoms with van der Waals surface area (Å²) in [5.74, 6) is -1.05. The number of methoxy groups -OCH3 is 1. The average Bonchev–Trinajstić information content (AvgIpc) is 2.88. The van der Waals surface area contributed by atoms with Gasteiger partial charge in [-0.15, -0.1) is 5.10 Å². The van der Waals surface area contributed by atoms with Crippen molar-refractivity contribution in [3.63, 3.8) is 0 Å². The second kappa shape index (κ2) is 7.38. The molecule has 7 nitrogen and oxygen atoms in total. The van der Waals surface area contributed by atoms with E-state index in [1.54, 1.807) is 12.1 Å². The average molecular weight is 328 g/mol. The standard InChI is InChI=1S/C15H12N4O3S/c1-9-3-4-10(7-16)5-11(9)8-17-19-15-18-14(21)12(23-15)6-13(20)22-2/h3-6,8H,1-2H3,(H,18,19,21)/b12-6+,17-8?. The molecular formula is C15H12N4O3S. The molecule has 1 heterocycles. The summed E-state index contributed by atoms with van der Waals surface area (Å²) >= 11 is 0.993. The van der Waals surface area contributed by atoms with Crippen molar-refractivity contribution < 1.29 is 14.3 Å². The lowest BCUT2D eigenvalue weighted by molar-refractivity contribution is -0.135. The Balaban J connectivity index is 2.13. The summed E-state index contributed by atoms with van der Waals surface area (Å²) < 4.78 is 4.47. The lowest BCUT2D eigenvalue weighted by atomic mass is 10.1. The monoisotopic (exact) mass is 328 g/mol. The number of esters is 1. The van der Waals surface area contributed by atoms with Gasteiger partial charge in [-0.1, -0.05) is 6.07 Å². The molecule has 1 aromatic rings. The molecule has 0 atom stereocenters. The fourth-order valence-electron chi connectivity index (χ4n) is 1.63. The van der Waals surface area contributed by atoms with Crippen LogP contribution in [0.1, 0.15) is 16.7 Å². The third kappa shape index (κ3) is 4.28. The van der Waals surface area contributed by atoms with Gasteiger partial charge in [0.25, 0.3) is 5.91 Å². The molecule has 0 aromatic heterocycles. The Bertz CT molecular complexity index is 790. The zero-order valence-electron chi connectivity index (χ0n) is 12.4. The highest BCUT2D eigenvalue weighted by Crippen LogP contribution is 2.23. The maximum absolute atomic E-state index is 11.6. The Morgan fingerprint density at radius 3 is 2.96 bits per heavy atom. The van der Waals surface area contributed by atoms with Gasteiger partial charge in [-0.05, 0) is 41.9 Å². The fraction of sp³-hybridized carbons (Fsp3) is 0.133. The van der Waals surface area contributed by atoms with E-state index in [0.717, 1.165) is 29.0 Å². The van der Waals surface area contributed by atoms with Gasteiger partial charge in [0.15, 0.2) is 5.17 Å². The first-order chi connectivity index (χ1) is 11.0. The largest absolute Gasteiger partial charge is 0.466 e. The van der Waals surface area contributed by atoms with Crippen molar-refractivity contribution in [3.05, 3.63) is 45.9 Å². The van der Waals surface area contributed by atoms with E-state index < -0.39 is 11.9 Å². The second-order valence-corrected chi connectivity index (χ2v) is 5.45. The Morgan fingerprint density at radius 2 is 2.26 bits per heavy atom. The summed E-state index contributed by atoms with van der Waals surface area (Å²) in [6, 6.07) is 7.28. The molecule has 0 bridgehead atoms. The predicted octanol–water partition coefficient (Wildman–Crippen LogP) is 1.48. The topological polar surface area (TPSA) is 104 Å². The van der Waals surface area contributed by atoms with Crippen LogP contribution in [0.4, 0.5) is 0 Å². The summed E-state index contributed by atoms with van der Waals surface area (Å²) in [6.45, 7) is 1.89. The molecule has 1 saturated heterocycles. The molecule has 8 heteroatoms. The number of thioether (sulfide) groups is 1. The molecule has 1 aromatic carbocycles. The van der Waals surface area contributed by atoms with Crippen LogP contribution in [0.2, 0.25) is 0 Å². The highest BCUT2D eigenvalue weighted by Gasteiger charge is 2.24. The van der Waals surface area contributed by atoms with Crippen LogP contribution in [-0.4, -0.2) is 30.4 Å². The Labute approximate surface area is 136 Å². The molecule has 1 fully saturated rings. The Hall–Kier alpha value is -2.92. The number of nitrogens with zero attached hydrogens (tertiary/aromatic N) is 3. The molecule has 116 valence electrons. The normalized spacial score (nSPS) is 17.5. The van der Waals surface area contributed by atoms with E-state index in [1.807, 2.05) is 13.0 Å². The summed E-state index contributed by atoms with van der Waals surface area (Å²) in [4.78, 5) is 22.9. The summed E-state index contributed by atoms with van der Waals surface area (Å²) in [5.41, 5.74) is 2.23. The number of rotatable bonds is 3. The van der Waals surface area contributed by atoms with Gasteiger partial charge in [0.1, 0.15) is 0 Å². The number of ether oxygens (including phenoxy) is 1. The molecule has 0 saturated carbocycles. The molecule has 1 N–H and O–H groups in total. The number of carbonyl (C=O) groups is 2. The molecular weight excluding hydrogens is 316 g/mol. The summed E-state index contributed by atoms with van der Waals surface area (Å²) in [5, 5.41) is 19.4. The molecule has 0 spiro atoms. The highest BCUT2D eigenvalue weighted by atomic mass is 32.2. The first-order valence-electron chi connectivity index (χ1n) is 6.44. The maximum Gasteiger partial charge on any atom is 0.331 e. The molecule has 1 aliphatic heterocycles. The van der Waals surface area contributed by atoms with Crippen molar-refractivity contribution in [2.24, 2.45) is 10.2 Å². The number of amidine groups is 1. The third-order valence-electron chi connectivity index (χ3n) is 2.85. The van der Waals surface area contributed by atoms with Crippen LogP contribution in [0.3, 0.4) is 0 Å². The van der Waals surface area contributed by atoms with Crippen molar-refractivity contribution in [2.75, 3.05) is 7.11 Å². The summed E-state index contributed by atoms with van der Waals surface area (Å²) in [6.07, 6.45) is 2.59. The van der Waals surface area contributed by atoms with Gasteiger partial charge in [-0.3, -0.25) is 10.1 Å². The minimum Gasteiger partial charge on any atom is -0.466 e. The molecule has 2 rings (SSSR count). The van der Waals surface area contributed by atoms with E-state index >= 15 is 0 Å². The Kier molecular flexibility index (Phi) is 5.28. The van der Waals surface area contributed by atoms with E-state index in [4.69, 9.17) is 5.26 Å². The number of aryl methyl sites for hydroxylation is 1. The number of benzene rings is 1. The molecule has 23 heavy (non-hydrogen) atoms. The predicted molar refractivity (Wildman–Crippen MR) is 86.8 cm³/mol. The first kappa shape index (κ1) is 16.5. The lowest BCUT2D eigenvalue weighted by Crippen LogP contribution is -2.19. The maximum atomic E-state index is 11.6. The minimum absolute atomic E-state index is 0.188. The van der Waals surface area contributed by atoms with Crippen LogP contribution in [-0.2, 0) is 14.3 Å². The number of hydrogen-bond acceptors (Lipinski definition) is 7. The second-order valence-electron chi connectivity index (χ2n) is 4.42. The van der Waals surface area contributed by atoms with Gasteiger partial charge < -0.3 is 4.74 Å². The van der Waals surface area contributed by atoms with E-state index in [1.165, 1.54) is 13.3 Å². The number of nitrogens with one attached hydrogen (secondary N) is 1. The van der Waals surface area contributed by atoms with Gasteiger partial charge in [0.2, 0.25) is 0 Å². The molecule has 1 amide bonds. The van der Waals surface area contributed by atoms with Gasteiger partial charge in [-0.25, -0.2) is 4.79 Å². The van der Waals surface area contributed by atoms with Crippen LogP contribution in [0.5, 0.6) is 0 Å². The van der Waals surface area contributed by atoms with Crippen LogP contribution in [0, 0.1) is 18.3 Å². The number of hydrogen-bond donors (Lipinski definition) is 1. The zero-order chi connectivity index (χ0) is 16.8.